The molecule has 3 aromatic heterocycles. The molecule has 9 nitrogen and oxygen atoms in total. The Hall–Kier alpha value is -4.42. The minimum atomic E-state index is -0.428. The molecule has 5 aromatic rings. The zero-order valence-electron chi connectivity index (χ0n) is 25.4. The average Bonchev–Trinajstić information content (AvgIpc) is 3.42. The Kier molecular flexibility index (Phi) is 6.67. The van der Waals surface area contributed by atoms with E-state index >= 15 is 0 Å². The van der Waals surface area contributed by atoms with E-state index in [0.29, 0.717) is 40.3 Å². The lowest BCUT2D eigenvalue weighted by molar-refractivity contribution is -0.0989. The highest BCUT2D eigenvalue weighted by molar-refractivity contribution is 6.35. The first-order valence-electron chi connectivity index (χ1n) is 15.2. The van der Waals surface area contributed by atoms with Crippen molar-refractivity contribution >= 4 is 44.7 Å². The maximum absolute atomic E-state index is 13.3. The van der Waals surface area contributed by atoms with Crippen molar-refractivity contribution < 1.29 is 0 Å². The molecule has 1 atom stereocenters. The van der Waals surface area contributed by atoms with Crippen LogP contribution in [0.4, 0.5) is 11.4 Å². The standard InChI is InChI=1S/C34H35ClN8O/c1-5-42-10-9-23-24(7-6-8-25(23)32(42)44)31(28-18-43(41-40-28)34-13-20(14-34)15-34)39-22-11-26-29(38-19-33(2,3)4)21(16-36)17-37-30(26)27(35)12-22/h6-12,17-18,20,31,39H,5,13-15,19H2,1-4H3,(H,37,38)/t20?,31-,34?/m0/s1. The molecule has 0 saturated heterocycles. The summed E-state index contributed by atoms with van der Waals surface area (Å²) in [6.07, 6.45) is 8.91. The first-order valence-corrected chi connectivity index (χ1v) is 15.5. The third-order valence-electron chi connectivity index (χ3n) is 9.15. The smallest absolute Gasteiger partial charge is 0.258 e. The highest BCUT2D eigenvalue weighted by atomic mass is 35.5. The summed E-state index contributed by atoms with van der Waals surface area (Å²) in [4.78, 5) is 17.8. The van der Waals surface area contributed by atoms with Gasteiger partial charge in [-0.3, -0.25) is 9.78 Å². The van der Waals surface area contributed by atoms with Gasteiger partial charge in [0.1, 0.15) is 11.8 Å². The molecule has 0 unspecified atom stereocenters. The van der Waals surface area contributed by atoms with Crippen molar-refractivity contribution in [1.29, 1.82) is 5.26 Å². The third-order valence-corrected chi connectivity index (χ3v) is 9.44. The first kappa shape index (κ1) is 28.4. The summed E-state index contributed by atoms with van der Waals surface area (Å²) in [6, 6.07) is 13.5. The summed E-state index contributed by atoms with van der Waals surface area (Å²) in [7, 11) is 0. The van der Waals surface area contributed by atoms with Gasteiger partial charge in [0, 0.05) is 41.9 Å². The molecule has 3 heterocycles. The van der Waals surface area contributed by atoms with E-state index in [0.717, 1.165) is 52.9 Å². The number of rotatable bonds is 8. The number of pyridine rings is 2. The van der Waals surface area contributed by atoms with Crippen molar-refractivity contribution in [1.82, 2.24) is 24.5 Å². The van der Waals surface area contributed by atoms with Crippen LogP contribution in [0.25, 0.3) is 21.7 Å². The molecule has 0 radical (unpaired) electrons. The largest absolute Gasteiger partial charge is 0.383 e. The average molecular weight is 607 g/mol. The van der Waals surface area contributed by atoms with Gasteiger partial charge in [0.15, 0.2) is 0 Å². The molecule has 3 aliphatic rings. The number of nitrogens with one attached hydrogen (secondary N) is 2. The lowest BCUT2D eigenvalue weighted by Crippen LogP contribution is -2.59. The zero-order valence-corrected chi connectivity index (χ0v) is 26.1. The fraction of sp³-hybridized carbons (Fsp3) is 0.382. The van der Waals surface area contributed by atoms with E-state index in [-0.39, 0.29) is 16.5 Å². The van der Waals surface area contributed by atoms with Gasteiger partial charge in [0.05, 0.1) is 39.6 Å². The summed E-state index contributed by atoms with van der Waals surface area (Å²) >= 11 is 6.85. The van der Waals surface area contributed by atoms with Crippen LogP contribution in [0.3, 0.4) is 0 Å². The molecule has 3 saturated carbocycles. The zero-order chi connectivity index (χ0) is 30.8. The van der Waals surface area contributed by atoms with Crippen molar-refractivity contribution in [2.75, 3.05) is 17.2 Å². The van der Waals surface area contributed by atoms with Crippen molar-refractivity contribution in [3.05, 3.63) is 87.2 Å². The number of aromatic nitrogens is 5. The van der Waals surface area contributed by atoms with Crippen LogP contribution in [0.15, 0.2) is 59.8 Å². The second-order valence-corrected chi connectivity index (χ2v) is 13.9. The number of hydrogen-bond acceptors (Lipinski definition) is 7. The van der Waals surface area contributed by atoms with E-state index in [1.54, 1.807) is 10.8 Å². The highest BCUT2D eigenvalue weighted by Crippen LogP contribution is 2.62. The van der Waals surface area contributed by atoms with Crippen LogP contribution in [-0.4, -0.2) is 31.1 Å². The van der Waals surface area contributed by atoms with Gasteiger partial charge in [0.2, 0.25) is 0 Å². The highest BCUT2D eigenvalue weighted by Gasteiger charge is 2.59. The van der Waals surface area contributed by atoms with E-state index in [9.17, 15) is 10.1 Å². The second-order valence-electron chi connectivity index (χ2n) is 13.5. The van der Waals surface area contributed by atoms with E-state index in [2.05, 4.69) is 52.8 Å². The number of halogens is 1. The van der Waals surface area contributed by atoms with E-state index in [1.165, 1.54) is 0 Å². The Labute approximate surface area is 260 Å². The SMILES string of the molecule is CCn1ccc2c([C@H](Nc3cc(Cl)c4ncc(C#N)c(NCC(C)(C)C)c4c3)c3cn(C45CC(C4)C5)nn3)cccc2c1=O. The summed E-state index contributed by atoms with van der Waals surface area (Å²) in [6.45, 7) is 9.64. The number of anilines is 2. The summed E-state index contributed by atoms with van der Waals surface area (Å²) < 4.78 is 3.75. The Morgan fingerprint density at radius 1 is 1.16 bits per heavy atom. The molecule has 2 bridgehead atoms. The van der Waals surface area contributed by atoms with Gasteiger partial charge in [-0.1, -0.05) is 49.7 Å². The molecule has 0 aliphatic heterocycles. The molecule has 44 heavy (non-hydrogen) atoms. The maximum Gasteiger partial charge on any atom is 0.258 e. The topological polar surface area (TPSA) is 113 Å². The minimum absolute atomic E-state index is 0.00992. The number of nitriles is 1. The molecular weight excluding hydrogens is 572 g/mol. The predicted molar refractivity (Wildman–Crippen MR) is 174 cm³/mol. The van der Waals surface area contributed by atoms with E-state index in [1.807, 2.05) is 60.4 Å². The summed E-state index contributed by atoms with van der Waals surface area (Å²) in [5.74, 6) is 0.808. The summed E-state index contributed by atoms with van der Waals surface area (Å²) in [5, 5.41) is 29.1. The monoisotopic (exact) mass is 606 g/mol. The maximum atomic E-state index is 13.3. The van der Waals surface area contributed by atoms with Crippen LogP contribution in [0.2, 0.25) is 5.02 Å². The number of aryl methyl sites for hydroxylation is 1. The van der Waals surface area contributed by atoms with E-state index < -0.39 is 6.04 Å². The lowest BCUT2D eigenvalue weighted by atomic mass is 9.50. The van der Waals surface area contributed by atoms with Crippen LogP contribution < -0.4 is 16.2 Å². The van der Waals surface area contributed by atoms with Crippen molar-refractivity contribution in [2.45, 2.75) is 65.1 Å². The Morgan fingerprint density at radius 2 is 1.95 bits per heavy atom. The minimum Gasteiger partial charge on any atom is -0.383 e. The fourth-order valence-electron chi connectivity index (χ4n) is 6.65. The number of benzene rings is 2. The van der Waals surface area contributed by atoms with Gasteiger partial charge in [0.25, 0.3) is 5.56 Å². The molecule has 2 N–H and O–H groups in total. The quantitative estimate of drug-likeness (QED) is 0.198. The van der Waals surface area contributed by atoms with Crippen molar-refractivity contribution in [3.8, 4) is 6.07 Å². The molecule has 3 aliphatic carbocycles. The molecule has 10 heteroatoms. The van der Waals surface area contributed by atoms with Crippen LogP contribution >= 0.6 is 11.6 Å². The Balaban J connectivity index is 1.37. The lowest BCUT2D eigenvalue weighted by Gasteiger charge is -2.61. The van der Waals surface area contributed by atoms with Crippen molar-refractivity contribution in [2.24, 2.45) is 11.3 Å². The van der Waals surface area contributed by atoms with Crippen molar-refractivity contribution in [3.63, 3.8) is 0 Å². The third kappa shape index (κ3) is 4.69. The second kappa shape index (κ2) is 10.3. The van der Waals surface area contributed by atoms with Crippen LogP contribution in [0.5, 0.6) is 0 Å². The molecule has 8 rings (SSSR count). The molecule has 2 aromatic carbocycles. The number of nitrogens with zero attached hydrogens (tertiary/aromatic N) is 6. The van der Waals surface area contributed by atoms with Crippen LogP contribution in [-0.2, 0) is 12.1 Å². The van der Waals surface area contributed by atoms with Gasteiger partial charge in [-0.05, 0) is 72.7 Å². The Bertz CT molecular complexity index is 2020. The molecular formula is C34H35ClN8O. The van der Waals surface area contributed by atoms with Gasteiger partial charge < -0.3 is 15.2 Å². The molecule has 0 amide bonds. The summed E-state index contributed by atoms with van der Waals surface area (Å²) in [5.41, 5.74) is 4.24. The van der Waals surface area contributed by atoms with Crippen LogP contribution in [0.1, 0.15) is 69.8 Å². The molecule has 224 valence electrons. The number of fused-ring (bicyclic) bond motifs is 2. The first-order chi connectivity index (χ1) is 21.1. The predicted octanol–water partition coefficient (Wildman–Crippen LogP) is 6.85. The Morgan fingerprint density at radius 3 is 2.64 bits per heavy atom. The van der Waals surface area contributed by atoms with Gasteiger partial charge >= 0.3 is 0 Å². The van der Waals surface area contributed by atoms with Gasteiger partial charge in [-0.2, -0.15) is 5.26 Å². The normalized spacial score (nSPS) is 19.7. The van der Waals surface area contributed by atoms with Gasteiger partial charge in [-0.15, -0.1) is 5.10 Å². The van der Waals surface area contributed by atoms with Crippen LogP contribution in [0, 0.1) is 22.7 Å². The van der Waals surface area contributed by atoms with E-state index in [4.69, 9.17) is 11.6 Å². The molecule has 3 fully saturated rings. The van der Waals surface area contributed by atoms with Gasteiger partial charge in [-0.25, -0.2) is 4.68 Å². The number of hydrogen-bond donors (Lipinski definition) is 2. The fourth-order valence-corrected chi connectivity index (χ4v) is 6.91. The molecule has 0 spiro atoms.